The van der Waals surface area contributed by atoms with E-state index in [0.29, 0.717) is 37.7 Å². The molecular formula is C32H38N12O8S2. The number of para-hydroxylation sites is 2. The zero-order valence-corrected chi connectivity index (χ0v) is 31.1. The molecule has 2 aromatic heterocycles. The third kappa shape index (κ3) is 10.6. The van der Waals surface area contributed by atoms with Gasteiger partial charge in [-0.25, -0.2) is 0 Å². The zero-order valence-electron chi connectivity index (χ0n) is 29.4. The van der Waals surface area contributed by atoms with E-state index in [2.05, 4.69) is 61.8 Å². The second-order valence-corrected chi connectivity index (χ2v) is 14.2. The van der Waals surface area contributed by atoms with Gasteiger partial charge in [-0.15, -0.1) is 0 Å². The Bertz CT molecular complexity index is 2170. The molecule has 20 nitrogen and oxygen atoms in total. The minimum Gasteiger partial charge on any atom is -0.383 e. The van der Waals surface area contributed by atoms with E-state index in [-0.39, 0.29) is 56.9 Å². The Hall–Kier alpha value is -5.78. The highest BCUT2D eigenvalue weighted by Crippen LogP contribution is 2.30. The van der Waals surface area contributed by atoms with E-state index in [4.69, 9.17) is 9.47 Å². The summed E-state index contributed by atoms with van der Waals surface area (Å²) in [5.41, 5.74) is 2.85. The number of anilines is 10. The van der Waals surface area contributed by atoms with Crippen LogP contribution < -0.4 is 31.9 Å². The average molecular weight is 783 g/mol. The fourth-order valence-electron chi connectivity index (χ4n) is 4.82. The number of ether oxygens (including phenoxy) is 2. The standard InChI is InChI=1S/C32H38N12O8S2/c1-19-17-24(38-32-42-28(34-14-16-52-4)40-30(44-32)36-22-10-6-8-12-26(22)54(48,49)50)20(2)18-23(19)37-31-41-27(33-13-15-51-3)39-29(43-31)35-21-9-5-7-11-25(21)53(45,46)47/h5-12,17-18H,13-16H2,1-4H3,(H,45,46,47)(H,48,49,50)(H3,33,35,37,39,41,43)(H3,34,36,38,40,42,44). The van der Waals surface area contributed by atoms with Crippen molar-refractivity contribution < 1.29 is 35.4 Å². The molecule has 0 unspecified atom stereocenters. The van der Waals surface area contributed by atoms with Gasteiger partial charge in [0.05, 0.1) is 24.6 Å². The normalized spacial score (nSPS) is 11.5. The third-order valence-electron chi connectivity index (χ3n) is 7.34. The Kier molecular flexibility index (Phi) is 12.7. The highest BCUT2D eigenvalue weighted by molar-refractivity contribution is 7.86. The van der Waals surface area contributed by atoms with E-state index in [9.17, 15) is 25.9 Å². The Labute approximate surface area is 311 Å². The number of hydrogen-bond donors (Lipinski definition) is 8. The van der Waals surface area contributed by atoms with Crippen LogP contribution in [0.1, 0.15) is 11.1 Å². The molecule has 286 valence electrons. The molecule has 0 bridgehead atoms. The second-order valence-electron chi connectivity index (χ2n) is 11.4. The highest BCUT2D eigenvalue weighted by Gasteiger charge is 2.19. The molecule has 22 heteroatoms. The first-order valence-corrected chi connectivity index (χ1v) is 18.9. The molecule has 0 fully saturated rings. The monoisotopic (exact) mass is 782 g/mol. The number of benzene rings is 3. The molecular weight excluding hydrogens is 745 g/mol. The first-order chi connectivity index (χ1) is 25.7. The van der Waals surface area contributed by atoms with Crippen molar-refractivity contribution in [2.24, 2.45) is 0 Å². The van der Waals surface area contributed by atoms with Crippen LogP contribution in [-0.2, 0) is 29.7 Å². The number of aromatic nitrogens is 6. The highest BCUT2D eigenvalue weighted by atomic mass is 32.2. The van der Waals surface area contributed by atoms with Crippen LogP contribution in [0.2, 0.25) is 0 Å². The molecule has 5 rings (SSSR count). The van der Waals surface area contributed by atoms with Gasteiger partial charge in [-0.1, -0.05) is 24.3 Å². The molecule has 0 aliphatic carbocycles. The maximum Gasteiger partial charge on any atom is 0.296 e. The van der Waals surface area contributed by atoms with Crippen LogP contribution in [-0.4, -0.2) is 96.4 Å². The van der Waals surface area contributed by atoms with E-state index < -0.39 is 20.2 Å². The number of rotatable bonds is 18. The van der Waals surface area contributed by atoms with Gasteiger partial charge in [0.2, 0.25) is 35.7 Å². The molecule has 0 radical (unpaired) electrons. The molecule has 0 spiro atoms. The van der Waals surface area contributed by atoms with Gasteiger partial charge in [0.15, 0.2) is 0 Å². The van der Waals surface area contributed by atoms with Gasteiger partial charge in [-0.2, -0.15) is 46.7 Å². The van der Waals surface area contributed by atoms with Crippen molar-refractivity contribution in [2.45, 2.75) is 23.6 Å². The van der Waals surface area contributed by atoms with Gasteiger partial charge in [0.1, 0.15) is 9.79 Å². The minimum atomic E-state index is -4.55. The second kappa shape index (κ2) is 17.4. The van der Waals surface area contributed by atoms with E-state index in [1.54, 1.807) is 26.4 Å². The van der Waals surface area contributed by atoms with Gasteiger partial charge in [-0.05, 0) is 61.4 Å². The van der Waals surface area contributed by atoms with Crippen LogP contribution in [0, 0.1) is 13.8 Å². The SMILES string of the molecule is COCCNc1nc(Nc2cc(C)c(Nc3nc(NCCOC)nc(Nc4ccccc4S(=O)(=O)O)n3)cc2C)nc(Nc2ccccc2S(=O)(=O)O)n1. The van der Waals surface area contributed by atoms with Gasteiger partial charge in [0.25, 0.3) is 20.2 Å². The summed E-state index contributed by atoms with van der Waals surface area (Å²) in [6.07, 6.45) is 0. The Balaban J connectivity index is 1.43. The quantitative estimate of drug-likeness (QED) is 0.0455. The zero-order chi connectivity index (χ0) is 38.9. The summed E-state index contributed by atoms with van der Waals surface area (Å²) in [5, 5.41) is 18.1. The molecule has 2 heterocycles. The topological polar surface area (TPSA) is 277 Å². The summed E-state index contributed by atoms with van der Waals surface area (Å²) < 4.78 is 77.6. The predicted octanol–water partition coefficient (Wildman–Crippen LogP) is 4.26. The van der Waals surface area contributed by atoms with E-state index in [1.807, 2.05) is 26.0 Å². The fourth-order valence-corrected chi connectivity index (χ4v) is 6.12. The van der Waals surface area contributed by atoms with Crippen molar-refractivity contribution in [2.75, 3.05) is 72.4 Å². The van der Waals surface area contributed by atoms with E-state index in [1.165, 1.54) is 36.4 Å². The first kappa shape index (κ1) is 39.4. The van der Waals surface area contributed by atoms with E-state index >= 15 is 0 Å². The number of nitrogens with zero attached hydrogens (tertiary/aromatic N) is 6. The molecule has 54 heavy (non-hydrogen) atoms. The molecule has 0 amide bonds. The van der Waals surface area contributed by atoms with Crippen LogP contribution in [0.15, 0.2) is 70.5 Å². The van der Waals surface area contributed by atoms with Crippen LogP contribution in [0.5, 0.6) is 0 Å². The molecule has 5 aromatic rings. The number of methoxy groups -OCH3 is 2. The lowest BCUT2D eigenvalue weighted by Gasteiger charge is -2.16. The van der Waals surface area contributed by atoms with Crippen LogP contribution in [0.4, 0.5) is 58.4 Å². The van der Waals surface area contributed by atoms with Gasteiger partial charge in [-0.3, -0.25) is 9.11 Å². The lowest BCUT2D eigenvalue weighted by atomic mass is 10.1. The van der Waals surface area contributed by atoms with Crippen LogP contribution in [0.3, 0.4) is 0 Å². The Morgan fingerprint density at radius 3 is 1.17 bits per heavy atom. The van der Waals surface area contributed by atoms with Crippen molar-refractivity contribution in [3.05, 3.63) is 71.8 Å². The summed E-state index contributed by atoms with van der Waals surface area (Å²) in [6.45, 7) is 5.14. The Morgan fingerprint density at radius 1 is 0.519 bits per heavy atom. The number of nitrogens with one attached hydrogen (secondary N) is 6. The van der Waals surface area contributed by atoms with Crippen molar-refractivity contribution in [1.82, 2.24) is 29.9 Å². The lowest BCUT2D eigenvalue weighted by Crippen LogP contribution is -2.14. The minimum absolute atomic E-state index is 0.00967. The molecule has 3 aromatic carbocycles. The molecule has 0 aliphatic rings. The summed E-state index contributed by atoms with van der Waals surface area (Å²) in [4.78, 5) is 25.7. The largest absolute Gasteiger partial charge is 0.383 e. The molecule has 8 N–H and O–H groups in total. The molecule has 0 saturated carbocycles. The number of hydrogen-bond acceptors (Lipinski definition) is 18. The molecule has 0 saturated heterocycles. The average Bonchev–Trinajstić information content (AvgIpc) is 3.10. The van der Waals surface area contributed by atoms with Gasteiger partial charge >= 0.3 is 0 Å². The summed E-state index contributed by atoms with van der Waals surface area (Å²) in [5.74, 6) is 0.541. The van der Waals surface area contributed by atoms with Crippen LogP contribution in [0.25, 0.3) is 0 Å². The fraction of sp³-hybridized carbons (Fsp3) is 0.250. The smallest absolute Gasteiger partial charge is 0.296 e. The summed E-state index contributed by atoms with van der Waals surface area (Å²) in [7, 11) is -6.01. The third-order valence-corrected chi connectivity index (χ3v) is 9.16. The van der Waals surface area contributed by atoms with Crippen molar-refractivity contribution >= 4 is 78.7 Å². The summed E-state index contributed by atoms with van der Waals surface area (Å²) in [6, 6.07) is 15.2. The first-order valence-electron chi connectivity index (χ1n) is 16.0. The molecule has 0 atom stereocenters. The van der Waals surface area contributed by atoms with E-state index in [0.717, 1.165) is 11.1 Å². The van der Waals surface area contributed by atoms with Crippen LogP contribution >= 0.6 is 0 Å². The lowest BCUT2D eigenvalue weighted by molar-refractivity contribution is 0.210. The number of aryl methyl sites for hydroxylation is 2. The maximum atomic E-state index is 12.0. The molecule has 0 aliphatic heterocycles. The van der Waals surface area contributed by atoms with Crippen molar-refractivity contribution in [3.8, 4) is 0 Å². The van der Waals surface area contributed by atoms with Crippen molar-refractivity contribution in [3.63, 3.8) is 0 Å². The Morgan fingerprint density at radius 2 is 0.833 bits per heavy atom. The maximum absolute atomic E-state index is 12.0. The van der Waals surface area contributed by atoms with Crippen molar-refractivity contribution in [1.29, 1.82) is 0 Å². The van der Waals surface area contributed by atoms with Gasteiger partial charge in [0, 0.05) is 38.7 Å². The van der Waals surface area contributed by atoms with Gasteiger partial charge < -0.3 is 41.4 Å². The summed E-state index contributed by atoms with van der Waals surface area (Å²) >= 11 is 0. The predicted molar refractivity (Wildman–Crippen MR) is 202 cm³/mol.